The number of nitrogens with one attached hydrogen (secondary N) is 2. The van der Waals surface area contributed by atoms with E-state index in [1.807, 2.05) is 0 Å². The summed E-state index contributed by atoms with van der Waals surface area (Å²) in [5, 5.41) is 10.1. The van der Waals surface area contributed by atoms with E-state index in [0.29, 0.717) is 34.5 Å². The second-order valence-electron chi connectivity index (χ2n) is 6.75. The van der Waals surface area contributed by atoms with Crippen molar-refractivity contribution >= 4 is 28.5 Å². The van der Waals surface area contributed by atoms with Crippen LogP contribution >= 0.6 is 0 Å². The van der Waals surface area contributed by atoms with Crippen LogP contribution in [0.2, 0.25) is 0 Å². The Labute approximate surface area is 167 Å². The average Bonchev–Trinajstić information content (AvgIpc) is 3.41. The number of hydrogen-bond donors (Lipinski definition) is 2. The lowest BCUT2D eigenvalue weighted by Gasteiger charge is -2.12. The van der Waals surface area contributed by atoms with Crippen LogP contribution in [0.5, 0.6) is 5.75 Å². The van der Waals surface area contributed by atoms with E-state index < -0.39 is 5.97 Å². The van der Waals surface area contributed by atoms with Crippen LogP contribution in [0.15, 0.2) is 42.5 Å². The number of ether oxygens (including phenoxy) is 3. The molecule has 1 aromatic heterocycles. The molecule has 3 aromatic rings. The molecular weight excluding hydrogens is 374 g/mol. The maximum absolute atomic E-state index is 12.6. The zero-order chi connectivity index (χ0) is 20.2. The van der Waals surface area contributed by atoms with Crippen LogP contribution in [0.3, 0.4) is 0 Å². The molecule has 0 saturated carbocycles. The van der Waals surface area contributed by atoms with Crippen LogP contribution < -0.4 is 10.1 Å². The van der Waals surface area contributed by atoms with E-state index in [2.05, 4.69) is 15.5 Å². The molecule has 150 valence electrons. The summed E-state index contributed by atoms with van der Waals surface area (Å²) in [6, 6.07) is 12.1. The number of rotatable bonds is 6. The lowest BCUT2D eigenvalue weighted by atomic mass is 10.1. The van der Waals surface area contributed by atoms with Crippen molar-refractivity contribution in [2.24, 2.45) is 0 Å². The highest BCUT2D eigenvalue weighted by Gasteiger charge is 2.17. The van der Waals surface area contributed by atoms with Gasteiger partial charge in [0.1, 0.15) is 12.4 Å². The Morgan fingerprint density at radius 1 is 1.24 bits per heavy atom. The summed E-state index contributed by atoms with van der Waals surface area (Å²) in [6.45, 7) is 1.30. The van der Waals surface area contributed by atoms with Gasteiger partial charge in [0.2, 0.25) is 0 Å². The monoisotopic (exact) mass is 395 g/mol. The van der Waals surface area contributed by atoms with Gasteiger partial charge in [-0.1, -0.05) is 0 Å². The van der Waals surface area contributed by atoms with Gasteiger partial charge in [-0.25, -0.2) is 4.79 Å². The number of hydrogen-bond acceptors (Lipinski definition) is 6. The van der Waals surface area contributed by atoms with Crippen molar-refractivity contribution in [1.29, 1.82) is 0 Å². The molecule has 0 aliphatic carbocycles. The number of esters is 1. The highest BCUT2D eigenvalue weighted by atomic mass is 16.5. The first-order chi connectivity index (χ1) is 14.1. The van der Waals surface area contributed by atoms with Gasteiger partial charge in [0, 0.05) is 23.2 Å². The topological polar surface area (TPSA) is 103 Å². The molecule has 1 amide bonds. The van der Waals surface area contributed by atoms with E-state index in [1.54, 1.807) is 42.5 Å². The third kappa shape index (κ3) is 4.22. The molecule has 8 heteroatoms. The minimum atomic E-state index is -0.543. The van der Waals surface area contributed by atoms with Gasteiger partial charge in [0.05, 0.1) is 18.7 Å². The van der Waals surface area contributed by atoms with Gasteiger partial charge in [-0.05, 0) is 55.3 Å². The standard InChI is InChI=1S/C21H21N3O5/c1-27-21(26)19-17-11-14(6-9-18(17)23-24-19)22-20(25)13-4-7-15(8-5-13)29-12-16-3-2-10-28-16/h4-9,11,16H,2-3,10,12H2,1H3,(H,22,25)(H,23,24)/t16-/m1/s1. The highest BCUT2D eigenvalue weighted by Crippen LogP contribution is 2.22. The molecule has 8 nitrogen and oxygen atoms in total. The smallest absolute Gasteiger partial charge is 0.359 e. The molecule has 1 aliphatic heterocycles. The van der Waals surface area contributed by atoms with Gasteiger partial charge in [-0.15, -0.1) is 0 Å². The molecule has 0 radical (unpaired) electrons. The van der Waals surface area contributed by atoms with Gasteiger partial charge in [0.25, 0.3) is 5.91 Å². The van der Waals surface area contributed by atoms with Crippen LogP contribution in [0.4, 0.5) is 5.69 Å². The van der Waals surface area contributed by atoms with Crippen molar-refractivity contribution < 1.29 is 23.8 Å². The number of nitrogens with zero attached hydrogens (tertiary/aromatic N) is 1. The van der Waals surface area contributed by atoms with Crippen molar-refractivity contribution in [3.05, 3.63) is 53.7 Å². The maximum atomic E-state index is 12.6. The van der Waals surface area contributed by atoms with E-state index in [1.165, 1.54) is 7.11 Å². The Kier molecular flexibility index (Phi) is 5.44. The van der Waals surface area contributed by atoms with E-state index in [4.69, 9.17) is 14.2 Å². The average molecular weight is 395 g/mol. The Balaban J connectivity index is 1.42. The molecule has 2 heterocycles. The summed E-state index contributed by atoms with van der Waals surface area (Å²) in [5.41, 5.74) is 1.89. The molecule has 4 rings (SSSR count). The Hall–Kier alpha value is -3.39. The second-order valence-corrected chi connectivity index (χ2v) is 6.75. The van der Waals surface area contributed by atoms with Gasteiger partial charge in [0.15, 0.2) is 5.69 Å². The Morgan fingerprint density at radius 3 is 2.79 bits per heavy atom. The third-order valence-electron chi connectivity index (χ3n) is 4.78. The first-order valence-corrected chi connectivity index (χ1v) is 9.36. The van der Waals surface area contributed by atoms with Crippen LogP contribution in [-0.2, 0) is 9.47 Å². The van der Waals surface area contributed by atoms with Gasteiger partial charge >= 0.3 is 5.97 Å². The first-order valence-electron chi connectivity index (χ1n) is 9.36. The van der Waals surface area contributed by atoms with Gasteiger partial charge < -0.3 is 19.5 Å². The fraction of sp³-hybridized carbons (Fsp3) is 0.286. The zero-order valence-corrected chi connectivity index (χ0v) is 15.9. The fourth-order valence-corrected chi connectivity index (χ4v) is 3.21. The lowest BCUT2D eigenvalue weighted by molar-refractivity contribution is 0.0596. The van der Waals surface area contributed by atoms with E-state index in [9.17, 15) is 9.59 Å². The number of H-pyrrole nitrogens is 1. The van der Waals surface area contributed by atoms with Crippen molar-refractivity contribution in [2.45, 2.75) is 18.9 Å². The first kappa shape index (κ1) is 18.9. The number of fused-ring (bicyclic) bond motifs is 1. The molecule has 1 aliphatic rings. The molecular formula is C21H21N3O5. The van der Waals surface area contributed by atoms with E-state index in [-0.39, 0.29) is 17.7 Å². The highest BCUT2D eigenvalue weighted by molar-refractivity contribution is 6.07. The summed E-state index contributed by atoms with van der Waals surface area (Å²) >= 11 is 0. The molecule has 0 bridgehead atoms. The number of aromatic amines is 1. The number of benzene rings is 2. The fourth-order valence-electron chi connectivity index (χ4n) is 3.21. The van der Waals surface area contributed by atoms with Gasteiger partial charge in [-0.2, -0.15) is 5.10 Å². The quantitative estimate of drug-likeness (QED) is 0.622. The third-order valence-corrected chi connectivity index (χ3v) is 4.78. The number of carbonyl (C=O) groups is 2. The summed E-state index contributed by atoms with van der Waals surface area (Å²) in [7, 11) is 1.29. The zero-order valence-electron chi connectivity index (χ0n) is 15.9. The van der Waals surface area contributed by atoms with Gasteiger partial charge in [-0.3, -0.25) is 9.89 Å². The summed E-state index contributed by atoms with van der Waals surface area (Å²) in [5.74, 6) is -0.115. The molecule has 2 aromatic carbocycles. The van der Waals surface area contributed by atoms with Crippen LogP contribution in [0.1, 0.15) is 33.7 Å². The summed E-state index contributed by atoms with van der Waals surface area (Å²) < 4.78 is 16.0. The van der Waals surface area contributed by atoms with Crippen LogP contribution in [-0.4, -0.2) is 48.5 Å². The minimum absolute atomic E-state index is 0.144. The van der Waals surface area contributed by atoms with Crippen LogP contribution in [0, 0.1) is 0 Å². The van der Waals surface area contributed by atoms with E-state index in [0.717, 1.165) is 19.4 Å². The molecule has 0 spiro atoms. The Bertz CT molecular complexity index is 1020. The van der Waals surface area contributed by atoms with E-state index >= 15 is 0 Å². The Morgan fingerprint density at radius 2 is 2.07 bits per heavy atom. The largest absolute Gasteiger partial charge is 0.491 e. The molecule has 1 saturated heterocycles. The van der Waals surface area contributed by atoms with Crippen molar-refractivity contribution in [3.8, 4) is 5.75 Å². The number of anilines is 1. The predicted octanol–water partition coefficient (Wildman–Crippen LogP) is 3.16. The normalized spacial score (nSPS) is 16.0. The van der Waals surface area contributed by atoms with Crippen molar-refractivity contribution in [3.63, 3.8) is 0 Å². The SMILES string of the molecule is COC(=O)c1n[nH]c2ccc(NC(=O)c3ccc(OC[C@H]4CCCO4)cc3)cc12. The molecule has 0 unspecified atom stereocenters. The number of methoxy groups -OCH3 is 1. The molecule has 2 N–H and O–H groups in total. The lowest BCUT2D eigenvalue weighted by Crippen LogP contribution is -2.16. The molecule has 1 fully saturated rings. The van der Waals surface area contributed by atoms with Crippen molar-refractivity contribution in [1.82, 2.24) is 10.2 Å². The van der Waals surface area contributed by atoms with Crippen molar-refractivity contribution in [2.75, 3.05) is 25.6 Å². The molecule has 1 atom stereocenters. The van der Waals surface area contributed by atoms with Crippen LogP contribution in [0.25, 0.3) is 10.9 Å². The second kappa shape index (κ2) is 8.32. The minimum Gasteiger partial charge on any atom is -0.491 e. The maximum Gasteiger partial charge on any atom is 0.359 e. The number of carbonyl (C=O) groups excluding carboxylic acids is 2. The predicted molar refractivity (Wildman–Crippen MR) is 106 cm³/mol. The number of amides is 1. The number of aromatic nitrogens is 2. The summed E-state index contributed by atoms with van der Waals surface area (Å²) in [6.07, 6.45) is 2.23. The molecule has 29 heavy (non-hydrogen) atoms. The summed E-state index contributed by atoms with van der Waals surface area (Å²) in [4.78, 5) is 24.4.